The molecule has 4 aromatic rings. The van der Waals surface area contributed by atoms with E-state index in [9.17, 15) is 9.59 Å². The van der Waals surface area contributed by atoms with E-state index < -0.39 is 0 Å². The van der Waals surface area contributed by atoms with E-state index in [1.807, 2.05) is 27.8 Å². The van der Waals surface area contributed by atoms with Crippen LogP contribution in [0.4, 0.5) is 5.82 Å². The molecule has 5 rings (SSSR count). The molecule has 3 aromatic heterocycles. The summed E-state index contributed by atoms with van der Waals surface area (Å²) >= 11 is 0. The highest BCUT2D eigenvalue weighted by Gasteiger charge is 2.20. The normalized spacial score (nSPS) is 14.0. The second-order valence-electron chi connectivity index (χ2n) is 9.60. The first-order valence-corrected chi connectivity index (χ1v) is 13.0. The fourth-order valence-electron chi connectivity index (χ4n) is 4.81. The number of amides is 2. The Morgan fingerprint density at radius 3 is 2.77 bits per heavy atom. The van der Waals surface area contributed by atoms with Crippen molar-refractivity contribution < 1.29 is 14.3 Å². The minimum absolute atomic E-state index is 0.0943. The van der Waals surface area contributed by atoms with Crippen molar-refractivity contribution in [2.75, 3.05) is 39.1 Å². The Bertz CT molecular complexity index is 1500. The first-order valence-electron chi connectivity index (χ1n) is 13.0. The van der Waals surface area contributed by atoms with Crippen molar-refractivity contribution in [3.05, 3.63) is 60.2 Å². The highest BCUT2D eigenvalue weighted by Crippen LogP contribution is 2.29. The smallest absolute Gasteiger partial charge is 0.251 e. The van der Waals surface area contributed by atoms with Crippen LogP contribution in [-0.4, -0.2) is 75.2 Å². The van der Waals surface area contributed by atoms with E-state index in [2.05, 4.69) is 37.6 Å². The van der Waals surface area contributed by atoms with Gasteiger partial charge in [-0.25, -0.2) is 19.6 Å². The second kappa shape index (κ2) is 11.5. The van der Waals surface area contributed by atoms with Gasteiger partial charge < -0.3 is 20.3 Å². The molecular weight excluding hydrogens is 496 g/mol. The van der Waals surface area contributed by atoms with Crippen LogP contribution in [0.15, 0.2) is 49.1 Å². The van der Waals surface area contributed by atoms with Crippen LogP contribution < -0.4 is 15.4 Å². The van der Waals surface area contributed by atoms with E-state index >= 15 is 0 Å². The summed E-state index contributed by atoms with van der Waals surface area (Å²) in [5.41, 5.74) is 3.94. The first-order chi connectivity index (χ1) is 19.0. The molecule has 0 aliphatic carbocycles. The Labute approximate surface area is 226 Å². The zero-order chi connectivity index (χ0) is 27.4. The largest absolute Gasteiger partial charge is 0.496 e. The number of pyridine rings is 1. The monoisotopic (exact) mass is 528 g/mol. The fraction of sp³-hybridized carbons (Fsp3) is 0.357. The minimum Gasteiger partial charge on any atom is -0.496 e. The molecule has 1 aliphatic rings. The zero-order valence-corrected chi connectivity index (χ0v) is 22.3. The van der Waals surface area contributed by atoms with Crippen molar-refractivity contribution in [1.29, 1.82) is 0 Å². The van der Waals surface area contributed by atoms with E-state index in [1.165, 1.54) is 6.33 Å². The highest BCUT2D eigenvalue weighted by atomic mass is 16.5. The molecule has 4 heterocycles. The molecule has 202 valence electrons. The molecule has 2 N–H and O–H groups in total. The maximum Gasteiger partial charge on any atom is 0.251 e. The van der Waals surface area contributed by atoms with Gasteiger partial charge in [0.05, 0.1) is 25.5 Å². The number of anilines is 1. The molecule has 1 aromatic carbocycles. The lowest BCUT2D eigenvalue weighted by atomic mass is 9.98. The number of likely N-dealkylation sites (tertiary alicyclic amines) is 1. The lowest BCUT2D eigenvalue weighted by Crippen LogP contribution is -2.28. The Morgan fingerprint density at radius 2 is 2.00 bits per heavy atom. The molecule has 0 bridgehead atoms. The molecule has 39 heavy (non-hydrogen) atoms. The number of fused-ring (bicyclic) bond motifs is 1. The van der Waals surface area contributed by atoms with Gasteiger partial charge in [0.15, 0.2) is 5.65 Å². The predicted molar refractivity (Wildman–Crippen MR) is 148 cm³/mol. The number of rotatable bonds is 10. The van der Waals surface area contributed by atoms with Crippen molar-refractivity contribution in [3.8, 4) is 17.0 Å². The molecular formula is C28H32N8O3. The molecule has 1 aliphatic heterocycles. The van der Waals surface area contributed by atoms with Gasteiger partial charge in [0.25, 0.3) is 5.91 Å². The van der Waals surface area contributed by atoms with Crippen molar-refractivity contribution in [1.82, 2.24) is 34.9 Å². The molecule has 1 atom stereocenters. The van der Waals surface area contributed by atoms with Crippen molar-refractivity contribution in [2.24, 2.45) is 0 Å². The number of hydrogen-bond donors (Lipinski definition) is 2. The molecule has 1 unspecified atom stereocenters. The van der Waals surface area contributed by atoms with E-state index in [0.717, 1.165) is 40.8 Å². The van der Waals surface area contributed by atoms with Crippen LogP contribution in [0.3, 0.4) is 0 Å². The number of carbonyl (C=O) groups is 2. The Kier molecular flexibility index (Phi) is 7.67. The van der Waals surface area contributed by atoms with Crippen LogP contribution in [0.25, 0.3) is 22.3 Å². The predicted octanol–water partition coefficient (Wildman–Crippen LogP) is 3.09. The zero-order valence-electron chi connectivity index (χ0n) is 22.3. The number of nitrogens with zero attached hydrogens (tertiary/aromatic N) is 6. The minimum atomic E-state index is -0.155. The number of methoxy groups -OCH3 is 1. The van der Waals surface area contributed by atoms with Gasteiger partial charge in [-0.05, 0) is 30.2 Å². The van der Waals surface area contributed by atoms with Gasteiger partial charge in [0.1, 0.15) is 17.9 Å². The number of benzene rings is 1. The number of carbonyl (C=O) groups excluding carboxylic acids is 2. The third-order valence-electron chi connectivity index (χ3n) is 7.03. The van der Waals surface area contributed by atoms with E-state index in [0.29, 0.717) is 43.2 Å². The van der Waals surface area contributed by atoms with Gasteiger partial charge in [0, 0.05) is 67.8 Å². The quantitative estimate of drug-likeness (QED) is 0.322. The first kappa shape index (κ1) is 26.1. The van der Waals surface area contributed by atoms with Gasteiger partial charge in [-0.1, -0.05) is 13.0 Å². The van der Waals surface area contributed by atoms with Crippen LogP contribution in [0.1, 0.15) is 41.6 Å². The molecule has 2 amide bonds. The summed E-state index contributed by atoms with van der Waals surface area (Å²) in [6.45, 7) is 4.76. The summed E-state index contributed by atoms with van der Waals surface area (Å²) in [6.07, 6.45) is 6.67. The third-order valence-corrected chi connectivity index (χ3v) is 7.03. The Hall–Kier alpha value is -4.54. The van der Waals surface area contributed by atoms with Crippen LogP contribution in [-0.2, 0) is 11.3 Å². The van der Waals surface area contributed by atoms with E-state index in [1.54, 1.807) is 38.7 Å². The molecule has 0 saturated carbocycles. The SMILES string of the molecule is CNC(=O)c1ccc(C(C)CNc2cc(-c3cnc4c(cnn4CCN4CCCC4=O)c3)ncn2)c(OC)c1. The van der Waals surface area contributed by atoms with Gasteiger partial charge in [-0.3, -0.25) is 9.59 Å². The van der Waals surface area contributed by atoms with Gasteiger partial charge in [-0.15, -0.1) is 0 Å². The highest BCUT2D eigenvalue weighted by molar-refractivity contribution is 5.94. The molecule has 11 heteroatoms. The van der Waals surface area contributed by atoms with Crippen molar-refractivity contribution in [2.45, 2.75) is 32.2 Å². The molecule has 0 radical (unpaired) electrons. The fourth-order valence-corrected chi connectivity index (χ4v) is 4.81. The standard InChI is InChI=1S/C28H32N8O3/c1-18(22-7-6-19(28(38)29-2)12-24(22)39-3)14-30-25-13-23(32-17-33-25)20-11-21-16-34-36(27(21)31-15-20)10-9-35-8-4-5-26(35)37/h6-7,11-13,15-18H,4-5,8-10,14H2,1-3H3,(H,29,38)(H,30,32,33). The van der Waals surface area contributed by atoms with Gasteiger partial charge in [0.2, 0.25) is 5.91 Å². The van der Waals surface area contributed by atoms with Crippen LogP contribution in [0, 0.1) is 0 Å². The molecule has 0 spiro atoms. The summed E-state index contributed by atoms with van der Waals surface area (Å²) in [4.78, 5) is 39.2. The molecule has 11 nitrogen and oxygen atoms in total. The molecule has 1 fully saturated rings. The van der Waals surface area contributed by atoms with Gasteiger partial charge >= 0.3 is 0 Å². The number of hydrogen-bond acceptors (Lipinski definition) is 8. The maximum atomic E-state index is 12.0. The topological polar surface area (TPSA) is 127 Å². The average molecular weight is 529 g/mol. The summed E-state index contributed by atoms with van der Waals surface area (Å²) in [5.74, 6) is 1.51. The number of nitrogens with one attached hydrogen (secondary N) is 2. The van der Waals surface area contributed by atoms with E-state index in [-0.39, 0.29) is 17.7 Å². The lowest BCUT2D eigenvalue weighted by Gasteiger charge is -2.17. The molecule has 1 saturated heterocycles. The van der Waals surface area contributed by atoms with E-state index in [4.69, 9.17) is 4.74 Å². The third kappa shape index (κ3) is 5.66. The van der Waals surface area contributed by atoms with Crippen molar-refractivity contribution >= 4 is 28.7 Å². The summed E-state index contributed by atoms with van der Waals surface area (Å²) in [5, 5.41) is 11.4. The maximum absolute atomic E-state index is 12.0. The van der Waals surface area contributed by atoms with Gasteiger partial charge in [-0.2, -0.15) is 5.10 Å². The Balaban J connectivity index is 1.26. The van der Waals surface area contributed by atoms with Crippen LogP contribution >= 0.6 is 0 Å². The average Bonchev–Trinajstić information content (AvgIpc) is 3.58. The van der Waals surface area contributed by atoms with Crippen molar-refractivity contribution in [3.63, 3.8) is 0 Å². The van der Waals surface area contributed by atoms with Crippen LogP contribution in [0.5, 0.6) is 5.75 Å². The van der Waals surface area contributed by atoms with Crippen LogP contribution in [0.2, 0.25) is 0 Å². The number of ether oxygens (including phenoxy) is 1. The summed E-state index contributed by atoms with van der Waals surface area (Å²) in [7, 11) is 3.21. The lowest BCUT2D eigenvalue weighted by molar-refractivity contribution is -0.127. The number of aromatic nitrogens is 5. The Morgan fingerprint density at radius 1 is 1.13 bits per heavy atom. The second-order valence-corrected chi connectivity index (χ2v) is 9.60. The summed E-state index contributed by atoms with van der Waals surface area (Å²) < 4.78 is 7.39. The summed E-state index contributed by atoms with van der Waals surface area (Å²) in [6, 6.07) is 9.38.